The van der Waals surface area contributed by atoms with Crippen LogP contribution in [0, 0.1) is 6.92 Å². The fourth-order valence-corrected chi connectivity index (χ4v) is 7.49. The van der Waals surface area contributed by atoms with Gasteiger partial charge in [-0.15, -0.1) is 0 Å². The average molecular weight is 994 g/mol. The van der Waals surface area contributed by atoms with Crippen molar-refractivity contribution in [2.45, 2.75) is 97.2 Å². The number of carbonyl (C=O) groups is 6. The van der Waals surface area contributed by atoms with Gasteiger partial charge in [0.25, 0.3) is 5.91 Å². The summed E-state index contributed by atoms with van der Waals surface area (Å²) in [5, 5.41) is 26.4. The average Bonchev–Trinajstić information content (AvgIpc) is 3.32. The predicted octanol–water partition coefficient (Wildman–Crippen LogP) is 4.68. The number of nitrogens with one attached hydrogen (secondary N) is 5. The molecular formula is C52H67N9O11. The Morgan fingerprint density at radius 2 is 1.31 bits per heavy atom. The minimum atomic E-state index is -1.47. The maximum Gasteiger partial charge on any atom is 0.407 e. The Hall–Kier alpha value is -7.87. The summed E-state index contributed by atoms with van der Waals surface area (Å²) in [6.07, 6.45) is -1.30. The van der Waals surface area contributed by atoms with Crippen LogP contribution in [0.5, 0.6) is 11.5 Å². The molecule has 1 aliphatic rings. The molecule has 0 fully saturated rings. The van der Waals surface area contributed by atoms with Gasteiger partial charge in [-0.05, 0) is 114 Å². The van der Waals surface area contributed by atoms with E-state index in [2.05, 4.69) is 31.7 Å². The number of oxime groups is 1. The minimum Gasteiger partial charge on any atom is -0.491 e. The van der Waals surface area contributed by atoms with Crippen LogP contribution in [0.15, 0.2) is 90.1 Å². The number of amidine groups is 1. The summed E-state index contributed by atoms with van der Waals surface area (Å²) in [7, 11) is 1.37. The van der Waals surface area contributed by atoms with Crippen molar-refractivity contribution in [3.63, 3.8) is 0 Å². The second kappa shape index (κ2) is 24.3. The monoisotopic (exact) mass is 993 g/mol. The van der Waals surface area contributed by atoms with Gasteiger partial charge in [0.15, 0.2) is 5.84 Å². The van der Waals surface area contributed by atoms with Crippen molar-refractivity contribution < 1.29 is 52.9 Å². The molecular weight excluding hydrogens is 927 g/mol. The first-order valence-electron chi connectivity index (χ1n) is 23.5. The number of benzene rings is 4. The zero-order valence-electron chi connectivity index (χ0n) is 42.2. The summed E-state index contributed by atoms with van der Waals surface area (Å²) < 4.78 is 23.3. The lowest BCUT2D eigenvalue weighted by Gasteiger charge is -2.32. The van der Waals surface area contributed by atoms with Crippen molar-refractivity contribution in [3.05, 3.63) is 107 Å². The van der Waals surface area contributed by atoms with Crippen LogP contribution in [0.3, 0.4) is 0 Å². The van der Waals surface area contributed by atoms with E-state index in [0.717, 1.165) is 21.6 Å². The van der Waals surface area contributed by atoms with Gasteiger partial charge >= 0.3 is 12.2 Å². The van der Waals surface area contributed by atoms with Gasteiger partial charge < -0.3 is 67.1 Å². The highest BCUT2D eigenvalue weighted by atomic mass is 16.6. The third-order valence-electron chi connectivity index (χ3n) is 11.0. The number of hydrogen-bond donors (Lipinski definition) is 8. The molecule has 4 aromatic rings. The zero-order valence-corrected chi connectivity index (χ0v) is 42.2. The van der Waals surface area contributed by atoms with E-state index in [-0.39, 0.29) is 67.7 Å². The number of amides is 6. The van der Waals surface area contributed by atoms with Crippen LogP contribution in [-0.2, 0) is 30.3 Å². The van der Waals surface area contributed by atoms with Crippen LogP contribution >= 0.6 is 0 Å². The van der Waals surface area contributed by atoms with Crippen molar-refractivity contribution in [2.75, 3.05) is 39.9 Å². The number of ether oxygens (including phenoxy) is 4. The second-order valence-electron chi connectivity index (χ2n) is 19.2. The first-order chi connectivity index (χ1) is 34.0. The fourth-order valence-electron chi connectivity index (χ4n) is 7.49. The van der Waals surface area contributed by atoms with E-state index in [1.54, 1.807) is 102 Å². The topological polar surface area (TPSA) is 287 Å². The van der Waals surface area contributed by atoms with Crippen LogP contribution in [0.4, 0.5) is 9.59 Å². The Morgan fingerprint density at radius 1 is 0.778 bits per heavy atom. The molecule has 0 aromatic heterocycles. The van der Waals surface area contributed by atoms with Gasteiger partial charge in [0.05, 0.1) is 19.1 Å². The van der Waals surface area contributed by atoms with E-state index in [1.807, 2.05) is 31.2 Å². The van der Waals surface area contributed by atoms with Gasteiger partial charge in [-0.2, -0.15) is 0 Å². The Morgan fingerprint density at radius 3 is 1.83 bits per heavy atom. The molecule has 0 aliphatic carbocycles. The van der Waals surface area contributed by atoms with Gasteiger partial charge in [-0.1, -0.05) is 59.3 Å². The number of nitrogens with two attached hydrogens (primary N) is 2. The molecule has 10 N–H and O–H groups in total. The number of aryl methyl sites for hydroxylation is 1. The molecule has 1 heterocycles. The molecule has 0 radical (unpaired) electrons. The lowest BCUT2D eigenvalue weighted by molar-refractivity contribution is -0.141. The quantitative estimate of drug-likeness (QED) is 0.0264. The maximum absolute atomic E-state index is 14.7. The van der Waals surface area contributed by atoms with Gasteiger partial charge in [-0.3, -0.25) is 19.2 Å². The minimum absolute atomic E-state index is 0.00835. The van der Waals surface area contributed by atoms with E-state index >= 15 is 0 Å². The molecule has 20 nitrogen and oxygen atoms in total. The molecule has 72 heavy (non-hydrogen) atoms. The van der Waals surface area contributed by atoms with Crippen molar-refractivity contribution in [1.29, 1.82) is 0 Å². The molecule has 0 saturated carbocycles. The fraction of sp³-hybridized carbons (Fsp3) is 0.404. The SMILES string of the molecule is Cc1ccc(-c2ccc(C(=O)N[C@@H](CN)C(=O)N(C)[C@@H]3C(=O)N[C@@H](C)C(=O)N[C@H](C(N)=NO)Cc4ccc(OCCNC(=O)OC(C)(C)C)c(c4)-c4cc3ccc4OCCNC(=O)OC(C)(C)C)cc2)cc1. The number of rotatable bonds is 15. The van der Waals surface area contributed by atoms with Gasteiger partial charge in [0, 0.05) is 36.7 Å². The number of likely N-dealkylation sites (N-methyl/N-ethyl adjacent to an activating group) is 1. The van der Waals surface area contributed by atoms with Crippen LogP contribution in [0.2, 0.25) is 0 Å². The van der Waals surface area contributed by atoms with Crippen LogP contribution in [0.1, 0.15) is 81.6 Å². The highest BCUT2D eigenvalue weighted by Gasteiger charge is 2.36. The summed E-state index contributed by atoms with van der Waals surface area (Å²) in [4.78, 5) is 82.7. The summed E-state index contributed by atoms with van der Waals surface area (Å²) in [5.41, 5.74) is 15.6. The van der Waals surface area contributed by atoms with Gasteiger partial charge in [0.1, 0.15) is 54.0 Å². The normalized spacial score (nSPS) is 16.6. The third kappa shape index (κ3) is 15.6. The van der Waals surface area contributed by atoms with Crippen molar-refractivity contribution in [2.24, 2.45) is 16.6 Å². The highest BCUT2D eigenvalue weighted by molar-refractivity contribution is 6.00. The van der Waals surface area contributed by atoms with Gasteiger partial charge in [0.2, 0.25) is 17.7 Å². The molecule has 0 saturated heterocycles. The van der Waals surface area contributed by atoms with Gasteiger partial charge in [-0.25, -0.2) is 9.59 Å². The first kappa shape index (κ1) is 55.1. The van der Waals surface area contributed by atoms with E-state index in [9.17, 15) is 34.0 Å². The lowest BCUT2D eigenvalue weighted by Crippen LogP contribution is -2.56. The molecule has 5 rings (SSSR count). The number of fused-ring (bicyclic) bond motifs is 5. The molecule has 4 bridgehead atoms. The Bertz CT molecular complexity index is 2610. The second-order valence-corrected chi connectivity index (χ2v) is 19.2. The third-order valence-corrected chi connectivity index (χ3v) is 11.0. The van der Waals surface area contributed by atoms with E-state index in [0.29, 0.717) is 16.7 Å². The standard InChI is InChI=1S/C52H67N9O11/c1-30-10-13-33(14-11-30)34-15-17-35(18-16-34)46(63)59-40(29-53)48(65)61(9)43-36-19-21-42(70-25-23-56-50(67)72-52(6,7)8)38(28-36)37-26-32(12-20-41(37)69-24-22-55-49(66)71-51(3,4)5)27-39(44(54)60-68)58-45(62)31(2)57-47(43)64/h10-21,26,28,31,39-40,43,68H,22-25,27,29,53H2,1-9H3,(H2,54,60)(H,55,66)(H,56,67)(H,57,64)(H,58,62)(H,59,63)/t31-,39-,40-,43-/m0/s1. The van der Waals surface area contributed by atoms with Crippen LogP contribution in [0.25, 0.3) is 22.3 Å². The Kier molecular flexibility index (Phi) is 18.6. The van der Waals surface area contributed by atoms with Crippen LogP contribution in [-0.4, -0.2) is 121 Å². The highest BCUT2D eigenvalue weighted by Crippen LogP contribution is 2.40. The summed E-state index contributed by atoms with van der Waals surface area (Å²) >= 11 is 0. The molecule has 20 heteroatoms. The number of alkyl carbamates (subject to hydrolysis) is 2. The van der Waals surface area contributed by atoms with Crippen molar-refractivity contribution in [3.8, 4) is 33.8 Å². The smallest absolute Gasteiger partial charge is 0.407 e. The van der Waals surface area contributed by atoms with E-state index < -0.39 is 71.2 Å². The number of nitrogens with zero attached hydrogens (tertiary/aromatic N) is 2. The van der Waals surface area contributed by atoms with Crippen molar-refractivity contribution >= 4 is 41.7 Å². The molecule has 4 atom stereocenters. The molecule has 1 aliphatic heterocycles. The zero-order chi connectivity index (χ0) is 52.9. The summed E-state index contributed by atoms with van der Waals surface area (Å²) in [6.45, 7) is 13.5. The maximum atomic E-state index is 14.7. The molecule has 0 spiro atoms. The molecule has 386 valence electrons. The lowest BCUT2D eigenvalue weighted by atomic mass is 9.93. The van der Waals surface area contributed by atoms with E-state index in [4.69, 9.17) is 30.4 Å². The summed E-state index contributed by atoms with van der Waals surface area (Å²) in [5.74, 6) is -2.58. The Balaban J connectivity index is 1.57. The number of carbonyl (C=O) groups excluding carboxylic acids is 6. The molecule has 4 aromatic carbocycles. The molecule has 0 unspecified atom stereocenters. The summed E-state index contributed by atoms with van der Waals surface area (Å²) in [6, 6.07) is 19.6. The Labute approximate surface area is 419 Å². The predicted molar refractivity (Wildman–Crippen MR) is 270 cm³/mol. The van der Waals surface area contributed by atoms with Crippen LogP contribution < -0.4 is 47.5 Å². The largest absolute Gasteiger partial charge is 0.491 e. The molecule has 6 amide bonds. The number of hydrogen-bond acceptors (Lipinski definition) is 13. The first-order valence-corrected chi connectivity index (χ1v) is 23.5. The van der Waals surface area contributed by atoms with Crippen molar-refractivity contribution in [1.82, 2.24) is 31.5 Å². The van der Waals surface area contributed by atoms with E-state index in [1.165, 1.54) is 14.0 Å².